The standard InChI is InChI=1S/C59H46N4/c1-41(29-30-42(2)56(61-40-43-17-7-3-8-18-43)38-37-55(60)45-19-9-4-10-20-45)49-25-15-27-51-52-28-16-26-50(54(52)36-35-53(49)51)44-31-33-47(34-32-44)58-39-57(46-21-11-5-12-22-46)62-59(63-58)48-23-13-6-14-24-48/h3-36,38-39,60-61H,1-2,37,40H2/b30-29-,56-38-,60-55?. The van der Waals surface area contributed by atoms with Crippen LogP contribution in [0.15, 0.2) is 243 Å². The lowest BCUT2D eigenvalue weighted by Crippen LogP contribution is -2.14. The fraction of sp³-hybridized carbons (Fsp3) is 0.0339. The number of nitrogens with zero attached hydrogens (tertiary/aromatic N) is 2. The van der Waals surface area contributed by atoms with E-state index in [1.165, 1.54) is 27.3 Å². The van der Waals surface area contributed by atoms with Gasteiger partial charge in [-0.25, -0.2) is 9.97 Å². The number of benzene rings is 8. The molecule has 0 atom stereocenters. The number of hydrogen-bond donors (Lipinski definition) is 2. The third-order valence-corrected chi connectivity index (χ3v) is 11.4. The topological polar surface area (TPSA) is 61.7 Å². The molecule has 9 aromatic rings. The first-order valence-electron chi connectivity index (χ1n) is 21.2. The molecule has 0 bridgehead atoms. The van der Waals surface area contributed by atoms with Crippen LogP contribution in [-0.4, -0.2) is 15.7 Å². The van der Waals surface area contributed by atoms with E-state index >= 15 is 0 Å². The molecule has 4 heteroatoms. The predicted octanol–water partition coefficient (Wildman–Crippen LogP) is 14.7. The summed E-state index contributed by atoms with van der Waals surface area (Å²) in [6, 6.07) is 68.8. The lowest BCUT2D eigenvalue weighted by atomic mass is 9.91. The van der Waals surface area contributed by atoms with Crippen LogP contribution in [0.3, 0.4) is 0 Å². The van der Waals surface area contributed by atoms with Crippen molar-refractivity contribution in [2.24, 2.45) is 0 Å². The Bertz CT molecular complexity index is 3090. The second kappa shape index (κ2) is 18.6. The highest BCUT2D eigenvalue weighted by atomic mass is 14.9. The summed E-state index contributed by atoms with van der Waals surface area (Å²) in [7, 11) is 0. The van der Waals surface area contributed by atoms with E-state index < -0.39 is 0 Å². The Morgan fingerprint density at radius 2 is 1.06 bits per heavy atom. The van der Waals surface area contributed by atoms with Crippen LogP contribution >= 0.6 is 0 Å². The summed E-state index contributed by atoms with van der Waals surface area (Å²) in [5.41, 5.74) is 13.4. The largest absolute Gasteiger partial charge is 0.381 e. The summed E-state index contributed by atoms with van der Waals surface area (Å²) in [5.74, 6) is 0.702. The Labute approximate surface area is 369 Å². The number of rotatable bonds is 14. The molecule has 0 unspecified atom stereocenters. The van der Waals surface area contributed by atoms with Crippen molar-refractivity contribution in [3.63, 3.8) is 0 Å². The molecule has 0 saturated heterocycles. The van der Waals surface area contributed by atoms with Gasteiger partial charge in [0.05, 0.1) is 11.4 Å². The number of hydrogen-bond acceptors (Lipinski definition) is 4. The maximum atomic E-state index is 8.70. The molecule has 63 heavy (non-hydrogen) atoms. The van der Waals surface area contributed by atoms with Crippen LogP contribution in [0.1, 0.15) is 23.1 Å². The van der Waals surface area contributed by atoms with Crippen LogP contribution < -0.4 is 5.32 Å². The maximum absolute atomic E-state index is 8.70. The number of aromatic nitrogens is 2. The van der Waals surface area contributed by atoms with E-state index in [2.05, 4.69) is 140 Å². The van der Waals surface area contributed by atoms with Gasteiger partial charge in [0.1, 0.15) is 0 Å². The van der Waals surface area contributed by atoms with Crippen molar-refractivity contribution in [1.82, 2.24) is 15.3 Å². The van der Waals surface area contributed by atoms with Gasteiger partial charge in [-0.2, -0.15) is 0 Å². The minimum absolute atomic E-state index is 0.477. The SMILES string of the molecule is C=C(/C=C\C(=C)c1cccc2c1ccc1c(-c3ccc(-c4cc(-c5ccccc5)nc(-c5ccccc5)n4)cc3)cccc12)/C(=C/CC(=N)c1ccccc1)NCc1ccccc1. The molecular formula is C59H46N4. The van der Waals surface area contributed by atoms with Crippen LogP contribution in [0.25, 0.3) is 72.1 Å². The van der Waals surface area contributed by atoms with Gasteiger partial charge >= 0.3 is 0 Å². The van der Waals surface area contributed by atoms with E-state index in [4.69, 9.17) is 15.4 Å². The van der Waals surface area contributed by atoms with Crippen LogP contribution in [-0.2, 0) is 6.54 Å². The molecule has 0 radical (unpaired) electrons. The van der Waals surface area contributed by atoms with Crippen LogP contribution in [0.4, 0.5) is 0 Å². The maximum Gasteiger partial charge on any atom is 0.160 e. The van der Waals surface area contributed by atoms with Crippen molar-refractivity contribution < 1.29 is 0 Å². The molecule has 0 amide bonds. The first-order chi connectivity index (χ1) is 31.0. The van der Waals surface area contributed by atoms with E-state index in [-0.39, 0.29) is 0 Å². The normalized spacial score (nSPS) is 11.5. The van der Waals surface area contributed by atoms with Crippen molar-refractivity contribution >= 4 is 32.8 Å². The third kappa shape index (κ3) is 9.12. The van der Waals surface area contributed by atoms with Crippen LogP contribution in [0.5, 0.6) is 0 Å². The van der Waals surface area contributed by atoms with Crippen molar-refractivity contribution in [3.8, 4) is 45.0 Å². The Kier molecular flexibility index (Phi) is 11.9. The monoisotopic (exact) mass is 810 g/mol. The van der Waals surface area contributed by atoms with Gasteiger partial charge < -0.3 is 10.7 Å². The molecule has 4 nitrogen and oxygen atoms in total. The molecule has 0 aliphatic carbocycles. The summed E-state index contributed by atoms with van der Waals surface area (Å²) in [4.78, 5) is 10.0. The fourth-order valence-electron chi connectivity index (χ4n) is 8.00. The summed E-state index contributed by atoms with van der Waals surface area (Å²) in [5, 5.41) is 17.0. The zero-order valence-electron chi connectivity index (χ0n) is 35.0. The zero-order valence-corrected chi connectivity index (χ0v) is 35.0. The first-order valence-corrected chi connectivity index (χ1v) is 21.2. The average Bonchev–Trinajstić information content (AvgIpc) is 3.36. The molecule has 0 aliphatic rings. The van der Waals surface area contributed by atoms with E-state index in [1.807, 2.05) is 97.1 Å². The average molecular weight is 811 g/mol. The minimum Gasteiger partial charge on any atom is -0.381 e. The number of nitrogens with one attached hydrogen (secondary N) is 2. The van der Waals surface area contributed by atoms with Crippen LogP contribution in [0.2, 0.25) is 0 Å². The second-order valence-corrected chi connectivity index (χ2v) is 15.5. The molecule has 8 aromatic carbocycles. The van der Waals surface area contributed by atoms with Gasteiger partial charge in [0, 0.05) is 41.1 Å². The lowest BCUT2D eigenvalue weighted by molar-refractivity contribution is 0.822. The molecule has 0 saturated carbocycles. The highest BCUT2D eigenvalue weighted by Gasteiger charge is 2.14. The Morgan fingerprint density at radius 3 is 1.75 bits per heavy atom. The fourth-order valence-corrected chi connectivity index (χ4v) is 8.00. The van der Waals surface area contributed by atoms with Gasteiger partial charge in [-0.15, -0.1) is 0 Å². The molecule has 0 fully saturated rings. The quantitative estimate of drug-likeness (QED) is 0.0653. The van der Waals surface area contributed by atoms with Crippen molar-refractivity contribution in [2.75, 3.05) is 0 Å². The lowest BCUT2D eigenvalue weighted by Gasteiger charge is -2.14. The summed E-state index contributed by atoms with van der Waals surface area (Å²) < 4.78 is 0. The van der Waals surface area contributed by atoms with E-state index in [1.54, 1.807) is 0 Å². The van der Waals surface area contributed by atoms with Gasteiger partial charge in [-0.1, -0.05) is 226 Å². The molecule has 302 valence electrons. The summed E-state index contributed by atoms with van der Waals surface area (Å²) in [6.07, 6.45) is 6.60. The number of allylic oxidation sites excluding steroid dienone is 4. The van der Waals surface area contributed by atoms with Crippen molar-refractivity contribution in [1.29, 1.82) is 5.41 Å². The molecule has 2 N–H and O–H groups in total. The van der Waals surface area contributed by atoms with Crippen molar-refractivity contribution in [2.45, 2.75) is 13.0 Å². The first kappa shape index (κ1) is 40.2. The molecular weight excluding hydrogens is 765 g/mol. The zero-order chi connectivity index (χ0) is 43.0. The van der Waals surface area contributed by atoms with Gasteiger partial charge in [0.25, 0.3) is 0 Å². The molecule has 1 aromatic heterocycles. The third-order valence-electron chi connectivity index (χ3n) is 11.4. The van der Waals surface area contributed by atoms with Gasteiger partial charge in [0.15, 0.2) is 5.82 Å². The molecule has 1 heterocycles. The highest BCUT2D eigenvalue weighted by Crippen LogP contribution is 2.37. The van der Waals surface area contributed by atoms with Crippen molar-refractivity contribution in [3.05, 3.63) is 260 Å². The van der Waals surface area contributed by atoms with Gasteiger partial charge in [0.2, 0.25) is 0 Å². The van der Waals surface area contributed by atoms with E-state index in [0.29, 0.717) is 24.5 Å². The van der Waals surface area contributed by atoms with Crippen LogP contribution in [0, 0.1) is 5.41 Å². The molecule has 0 aliphatic heterocycles. The van der Waals surface area contributed by atoms with Gasteiger partial charge in [-0.05, 0) is 66.6 Å². The Morgan fingerprint density at radius 1 is 0.508 bits per heavy atom. The molecule has 9 rings (SSSR count). The van der Waals surface area contributed by atoms with E-state index in [9.17, 15) is 0 Å². The summed E-state index contributed by atoms with van der Waals surface area (Å²) in [6.45, 7) is 9.62. The van der Waals surface area contributed by atoms with Gasteiger partial charge in [-0.3, -0.25) is 0 Å². The Balaban J connectivity index is 0.983. The molecule has 0 spiro atoms. The minimum atomic E-state index is 0.477. The number of fused-ring (bicyclic) bond motifs is 3. The Hall–Kier alpha value is -8.21. The smallest absolute Gasteiger partial charge is 0.160 e. The predicted molar refractivity (Wildman–Crippen MR) is 265 cm³/mol. The van der Waals surface area contributed by atoms with E-state index in [0.717, 1.165) is 67.0 Å². The summed E-state index contributed by atoms with van der Waals surface area (Å²) >= 11 is 0. The highest BCUT2D eigenvalue weighted by molar-refractivity contribution is 6.14. The second-order valence-electron chi connectivity index (χ2n) is 15.5.